The molecule has 6 nitrogen and oxygen atoms in total. The van der Waals surface area contributed by atoms with E-state index < -0.39 is 0 Å². The fourth-order valence-corrected chi connectivity index (χ4v) is 2.04. The first-order valence-electron chi connectivity index (χ1n) is 5.88. The van der Waals surface area contributed by atoms with E-state index in [1.165, 1.54) is 0 Å². The Morgan fingerprint density at radius 2 is 2.20 bits per heavy atom. The van der Waals surface area contributed by atoms with E-state index in [1.807, 2.05) is 35.1 Å². The first kappa shape index (κ1) is 14.1. The van der Waals surface area contributed by atoms with Crippen LogP contribution in [0.15, 0.2) is 35.2 Å². The standard InChI is InChI=1S/C13H12N4O2.ClH/c1-8-12(9(2)19-16-8)13(18)15-10-3-4-11-14-5-6-17(11)7-10;/h3-7H,1-2H3,(H,15,18);1H. The van der Waals surface area contributed by atoms with Crippen LogP contribution in [0.5, 0.6) is 0 Å². The maximum Gasteiger partial charge on any atom is 0.284 e. The van der Waals surface area contributed by atoms with Gasteiger partial charge in [0.25, 0.3) is 11.6 Å². The summed E-state index contributed by atoms with van der Waals surface area (Å²) < 4.78 is 6.88. The van der Waals surface area contributed by atoms with Crippen molar-refractivity contribution >= 4 is 17.2 Å². The second kappa shape index (κ2) is 5.34. The van der Waals surface area contributed by atoms with Gasteiger partial charge in [0.15, 0.2) is 0 Å². The first-order valence-corrected chi connectivity index (χ1v) is 5.88. The number of H-pyrrole nitrogens is 1. The molecule has 3 aromatic rings. The number of carbonyl (C=O) groups excluding carboxylic acids is 1. The molecule has 0 atom stereocenters. The summed E-state index contributed by atoms with van der Waals surface area (Å²) in [5, 5.41) is 6.61. The number of pyridine rings is 1. The maximum atomic E-state index is 12.2. The number of rotatable bonds is 2. The molecule has 0 saturated heterocycles. The second-order valence-corrected chi connectivity index (χ2v) is 4.32. The van der Waals surface area contributed by atoms with Gasteiger partial charge in [0.1, 0.15) is 29.9 Å². The van der Waals surface area contributed by atoms with E-state index in [9.17, 15) is 4.79 Å². The summed E-state index contributed by atoms with van der Waals surface area (Å²) >= 11 is 0. The highest BCUT2D eigenvalue weighted by Crippen LogP contribution is 2.14. The van der Waals surface area contributed by atoms with Crippen LogP contribution in [-0.4, -0.2) is 16.0 Å². The van der Waals surface area contributed by atoms with Crippen molar-refractivity contribution in [1.82, 2.24) is 10.1 Å². The summed E-state index contributed by atoms with van der Waals surface area (Å²) in [4.78, 5) is 15.2. The second-order valence-electron chi connectivity index (χ2n) is 4.32. The number of anilines is 1. The largest absolute Gasteiger partial charge is 1.00 e. The maximum absolute atomic E-state index is 12.2. The zero-order valence-electron chi connectivity index (χ0n) is 11.0. The van der Waals surface area contributed by atoms with E-state index in [1.54, 1.807) is 13.8 Å². The summed E-state index contributed by atoms with van der Waals surface area (Å²) in [6, 6.07) is 3.73. The average molecular weight is 293 g/mol. The number of aromatic nitrogens is 3. The van der Waals surface area contributed by atoms with Crippen molar-refractivity contribution in [2.24, 2.45) is 0 Å². The van der Waals surface area contributed by atoms with Crippen molar-refractivity contribution in [3.05, 3.63) is 47.7 Å². The Morgan fingerprint density at radius 1 is 1.40 bits per heavy atom. The fourth-order valence-electron chi connectivity index (χ4n) is 2.04. The molecule has 0 saturated carbocycles. The van der Waals surface area contributed by atoms with Crippen LogP contribution in [0.2, 0.25) is 0 Å². The highest BCUT2D eigenvalue weighted by atomic mass is 35.5. The number of imidazole rings is 1. The number of nitrogens with zero attached hydrogens (tertiary/aromatic N) is 2. The number of hydrogen-bond donors (Lipinski definition) is 2. The highest BCUT2D eigenvalue weighted by molar-refractivity contribution is 6.05. The van der Waals surface area contributed by atoms with Gasteiger partial charge in [0.05, 0.1) is 11.4 Å². The minimum Gasteiger partial charge on any atom is -1.00 e. The number of amides is 1. The fraction of sp³-hybridized carbons (Fsp3) is 0.154. The lowest BCUT2D eigenvalue weighted by Gasteiger charge is -2.03. The molecule has 0 aromatic carbocycles. The van der Waals surface area contributed by atoms with Crippen LogP contribution in [0.1, 0.15) is 21.8 Å². The molecule has 104 valence electrons. The molecule has 2 N–H and O–H groups in total. The van der Waals surface area contributed by atoms with E-state index in [4.69, 9.17) is 4.52 Å². The first-order chi connectivity index (χ1) is 9.15. The van der Waals surface area contributed by atoms with Gasteiger partial charge in [-0.25, -0.2) is 9.38 Å². The third-order valence-corrected chi connectivity index (χ3v) is 2.96. The van der Waals surface area contributed by atoms with Gasteiger partial charge in [-0.15, -0.1) is 0 Å². The van der Waals surface area contributed by atoms with Crippen LogP contribution < -0.4 is 22.1 Å². The van der Waals surface area contributed by atoms with Crippen molar-refractivity contribution in [3.63, 3.8) is 0 Å². The predicted octanol–water partition coefficient (Wildman–Crippen LogP) is -1.39. The van der Waals surface area contributed by atoms with Crippen LogP contribution in [0.4, 0.5) is 5.69 Å². The van der Waals surface area contributed by atoms with Gasteiger partial charge >= 0.3 is 0 Å². The van der Waals surface area contributed by atoms with E-state index in [2.05, 4.69) is 15.5 Å². The average Bonchev–Trinajstić information content (AvgIpc) is 2.95. The van der Waals surface area contributed by atoms with Gasteiger partial charge < -0.3 is 22.2 Å². The summed E-state index contributed by atoms with van der Waals surface area (Å²) in [6.45, 7) is 3.47. The number of halogens is 1. The molecule has 1 amide bonds. The number of carbonyl (C=O) groups is 1. The molecule has 3 aromatic heterocycles. The Balaban J connectivity index is 0.00000147. The van der Waals surface area contributed by atoms with Gasteiger partial charge in [-0.2, -0.15) is 0 Å². The predicted molar refractivity (Wildman–Crippen MR) is 67.9 cm³/mol. The molecule has 7 heteroatoms. The lowest BCUT2D eigenvalue weighted by atomic mass is 10.2. The summed E-state index contributed by atoms with van der Waals surface area (Å²) in [6.07, 6.45) is 5.54. The molecule has 0 unspecified atom stereocenters. The molecule has 0 aliphatic rings. The monoisotopic (exact) mass is 292 g/mol. The van der Waals surface area contributed by atoms with Crippen LogP contribution in [-0.2, 0) is 0 Å². The van der Waals surface area contributed by atoms with Crippen LogP contribution in [0, 0.1) is 13.8 Å². The normalized spacial score (nSPS) is 10.3. The van der Waals surface area contributed by atoms with Crippen molar-refractivity contribution in [2.75, 3.05) is 5.32 Å². The molecule has 0 bridgehead atoms. The Labute approximate surface area is 121 Å². The highest BCUT2D eigenvalue weighted by Gasteiger charge is 2.18. The van der Waals surface area contributed by atoms with Crippen molar-refractivity contribution < 1.29 is 26.1 Å². The molecule has 0 aliphatic carbocycles. The van der Waals surface area contributed by atoms with Crippen LogP contribution >= 0.6 is 0 Å². The summed E-state index contributed by atoms with van der Waals surface area (Å²) in [5.41, 5.74) is 2.74. The Kier molecular flexibility index (Phi) is 3.76. The lowest BCUT2D eigenvalue weighted by Crippen LogP contribution is -3.00. The SMILES string of the molecule is Cc1noc(C)c1C(=O)Nc1ccc2[nH]cc[n+]2c1.[Cl-]. The molecule has 0 spiro atoms. The zero-order valence-corrected chi connectivity index (χ0v) is 11.7. The van der Waals surface area contributed by atoms with E-state index in [0.29, 0.717) is 22.7 Å². The van der Waals surface area contributed by atoms with Crippen molar-refractivity contribution in [1.29, 1.82) is 0 Å². The Bertz CT molecular complexity index is 743. The molecule has 20 heavy (non-hydrogen) atoms. The molecule has 0 radical (unpaired) electrons. The molecular formula is C13H13ClN4O2. The molecule has 3 heterocycles. The molecule has 0 aliphatic heterocycles. The number of aromatic amines is 1. The third-order valence-electron chi connectivity index (χ3n) is 2.96. The van der Waals surface area contributed by atoms with Crippen molar-refractivity contribution in [3.8, 4) is 0 Å². The van der Waals surface area contributed by atoms with E-state index in [-0.39, 0.29) is 18.3 Å². The van der Waals surface area contributed by atoms with Crippen molar-refractivity contribution in [2.45, 2.75) is 13.8 Å². The summed E-state index contributed by atoms with van der Waals surface area (Å²) in [7, 11) is 0. The molecule has 0 fully saturated rings. The smallest absolute Gasteiger partial charge is 0.284 e. The number of hydrogen-bond acceptors (Lipinski definition) is 3. The zero-order chi connectivity index (χ0) is 13.4. The quantitative estimate of drug-likeness (QED) is 0.572. The minimum absolute atomic E-state index is 0. The van der Waals surface area contributed by atoms with Gasteiger partial charge in [0.2, 0.25) is 0 Å². The van der Waals surface area contributed by atoms with Gasteiger partial charge in [0, 0.05) is 6.07 Å². The van der Waals surface area contributed by atoms with Gasteiger partial charge in [-0.3, -0.25) is 4.79 Å². The Hall–Kier alpha value is -2.34. The lowest BCUT2D eigenvalue weighted by molar-refractivity contribution is -0.509. The number of nitrogens with one attached hydrogen (secondary N) is 2. The number of aryl methyl sites for hydroxylation is 2. The molecule has 3 rings (SSSR count). The summed E-state index contributed by atoms with van der Waals surface area (Å²) in [5.74, 6) is 0.303. The van der Waals surface area contributed by atoms with Gasteiger partial charge in [-0.1, -0.05) is 5.16 Å². The number of fused-ring (bicyclic) bond motifs is 1. The van der Waals surface area contributed by atoms with Crippen LogP contribution in [0.3, 0.4) is 0 Å². The van der Waals surface area contributed by atoms with Crippen LogP contribution in [0.25, 0.3) is 5.65 Å². The topological polar surface area (TPSA) is 75.0 Å². The van der Waals surface area contributed by atoms with Gasteiger partial charge in [-0.05, 0) is 19.9 Å². The Morgan fingerprint density at radius 3 is 2.90 bits per heavy atom. The van der Waals surface area contributed by atoms with E-state index >= 15 is 0 Å². The minimum atomic E-state index is -0.216. The molecular weight excluding hydrogens is 280 g/mol. The van der Waals surface area contributed by atoms with E-state index in [0.717, 1.165) is 5.65 Å². The third kappa shape index (κ3) is 2.37.